The van der Waals surface area contributed by atoms with E-state index in [0.717, 1.165) is 0 Å². The third kappa shape index (κ3) is 2.71. The van der Waals surface area contributed by atoms with Crippen LogP contribution in [-0.2, 0) is 6.61 Å². The number of rotatable bonds is 5. The number of ether oxygens (including phenoxy) is 1. The van der Waals surface area contributed by atoms with Crippen molar-refractivity contribution in [3.8, 4) is 5.75 Å². The number of ketones is 1. The molecular weight excluding hydrogens is 256 g/mol. The van der Waals surface area contributed by atoms with Gasteiger partial charge in [0.25, 0.3) is 0 Å². The number of benzene rings is 2. The maximum Gasteiger partial charge on any atom is 0.196 e. The molecule has 0 amide bonds. The molecule has 0 saturated carbocycles. The molecular formula is C16H16O4. The lowest BCUT2D eigenvalue weighted by atomic mass is 9.96. The zero-order chi connectivity index (χ0) is 14.5. The topological polar surface area (TPSA) is 66.8 Å². The van der Waals surface area contributed by atoms with Gasteiger partial charge in [0.2, 0.25) is 0 Å². The van der Waals surface area contributed by atoms with Crippen molar-refractivity contribution >= 4 is 5.78 Å². The predicted octanol–water partition coefficient (Wildman–Crippen LogP) is 2.10. The van der Waals surface area contributed by atoms with Crippen LogP contribution in [-0.4, -0.2) is 23.1 Å². The number of hydrogen-bond donors (Lipinski definition) is 2. The molecule has 0 radical (unpaired) electrons. The van der Waals surface area contributed by atoms with E-state index >= 15 is 0 Å². The van der Waals surface area contributed by atoms with E-state index in [-0.39, 0.29) is 6.61 Å². The first-order chi connectivity index (χ1) is 9.69. The maximum atomic E-state index is 12.4. The number of hydrogen-bond acceptors (Lipinski definition) is 4. The Balaban J connectivity index is 2.38. The highest BCUT2D eigenvalue weighted by molar-refractivity contribution is 6.01. The van der Waals surface area contributed by atoms with Crippen LogP contribution >= 0.6 is 0 Å². The second kappa shape index (κ2) is 6.32. The van der Waals surface area contributed by atoms with E-state index < -0.39 is 11.9 Å². The molecule has 1 unspecified atom stereocenters. The van der Waals surface area contributed by atoms with Gasteiger partial charge in [0.1, 0.15) is 11.9 Å². The molecule has 0 aliphatic heterocycles. The summed E-state index contributed by atoms with van der Waals surface area (Å²) in [6, 6.07) is 13.5. The van der Waals surface area contributed by atoms with Crippen LogP contribution in [0.5, 0.6) is 5.75 Å². The summed E-state index contributed by atoms with van der Waals surface area (Å²) < 4.78 is 5.15. The number of carbonyl (C=O) groups is 1. The second-order valence-corrected chi connectivity index (χ2v) is 4.32. The van der Waals surface area contributed by atoms with Gasteiger partial charge >= 0.3 is 0 Å². The average Bonchev–Trinajstić information content (AvgIpc) is 2.53. The molecule has 0 aliphatic carbocycles. The van der Waals surface area contributed by atoms with Crippen molar-refractivity contribution < 1.29 is 19.7 Å². The molecule has 2 aromatic rings. The minimum Gasteiger partial charge on any atom is -0.496 e. The summed E-state index contributed by atoms with van der Waals surface area (Å²) in [4.78, 5) is 12.4. The number of aliphatic hydroxyl groups is 2. The van der Waals surface area contributed by atoms with Gasteiger partial charge in [-0.1, -0.05) is 42.5 Å². The highest BCUT2D eigenvalue weighted by atomic mass is 16.5. The maximum absolute atomic E-state index is 12.4. The fourth-order valence-electron chi connectivity index (χ4n) is 2.08. The first kappa shape index (κ1) is 14.2. The van der Waals surface area contributed by atoms with E-state index in [1.165, 1.54) is 7.11 Å². The van der Waals surface area contributed by atoms with E-state index in [4.69, 9.17) is 4.74 Å². The Bertz CT molecular complexity index is 607. The van der Waals surface area contributed by atoms with Crippen LogP contribution in [0, 0.1) is 0 Å². The Morgan fingerprint density at radius 1 is 1.15 bits per heavy atom. The van der Waals surface area contributed by atoms with Gasteiger partial charge < -0.3 is 14.9 Å². The summed E-state index contributed by atoms with van der Waals surface area (Å²) in [6.07, 6.45) is -1.32. The number of Topliss-reactive ketones (excluding diaryl/α,β-unsaturated/α-hetero) is 1. The Labute approximate surface area is 117 Å². The number of para-hydroxylation sites is 1. The van der Waals surface area contributed by atoms with Crippen molar-refractivity contribution in [3.63, 3.8) is 0 Å². The standard InChI is InChI=1S/C16H16O4/c1-20-14-9-5-4-8-13(14)16(19)15(18)12-7-3-2-6-11(12)10-17/h2-9,16-17,19H,10H2,1H3. The molecule has 0 saturated heterocycles. The molecule has 0 bridgehead atoms. The molecule has 0 aromatic heterocycles. The van der Waals surface area contributed by atoms with Gasteiger partial charge in [0, 0.05) is 11.1 Å². The van der Waals surface area contributed by atoms with E-state index in [1.54, 1.807) is 48.5 Å². The van der Waals surface area contributed by atoms with Crippen molar-refractivity contribution in [1.82, 2.24) is 0 Å². The van der Waals surface area contributed by atoms with Crippen molar-refractivity contribution in [3.05, 3.63) is 65.2 Å². The second-order valence-electron chi connectivity index (χ2n) is 4.32. The Morgan fingerprint density at radius 3 is 2.50 bits per heavy atom. The average molecular weight is 272 g/mol. The van der Waals surface area contributed by atoms with Crippen molar-refractivity contribution in [2.24, 2.45) is 0 Å². The molecule has 20 heavy (non-hydrogen) atoms. The smallest absolute Gasteiger partial charge is 0.196 e. The minimum absolute atomic E-state index is 0.249. The first-order valence-corrected chi connectivity index (χ1v) is 6.23. The van der Waals surface area contributed by atoms with Crippen LogP contribution in [0.3, 0.4) is 0 Å². The fraction of sp³-hybridized carbons (Fsp3) is 0.188. The molecule has 0 fully saturated rings. The Morgan fingerprint density at radius 2 is 1.80 bits per heavy atom. The molecule has 104 valence electrons. The van der Waals surface area contributed by atoms with E-state index in [9.17, 15) is 15.0 Å². The van der Waals surface area contributed by atoms with Crippen LogP contribution in [0.2, 0.25) is 0 Å². The fourth-order valence-corrected chi connectivity index (χ4v) is 2.08. The highest BCUT2D eigenvalue weighted by Gasteiger charge is 2.23. The highest BCUT2D eigenvalue weighted by Crippen LogP contribution is 2.28. The third-order valence-electron chi connectivity index (χ3n) is 3.14. The summed E-state index contributed by atoms with van der Waals surface area (Å²) in [5.74, 6) is -0.00557. The number of carbonyl (C=O) groups excluding carboxylic acids is 1. The molecule has 0 spiro atoms. The van der Waals surface area contributed by atoms with Crippen molar-refractivity contribution in [2.45, 2.75) is 12.7 Å². The van der Waals surface area contributed by atoms with E-state index in [0.29, 0.717) is 22.4 Å². The third-order valence-corrected chi connectivity index (χ3v) is 3.14. The molecule has 0 aliphatic rings. The van der Waals surface area contributed by atoms with Crippen LogP contribution in [0.15, 0.2) is 48.5 Å². The summed E-state index contributed by atoms with van der Waals surface area (Å²) in [7, 11) is 1.48. The van der Waals surface area contributed by atoms with E-state index in [1.807, 2.05) is 0 Å². The zero-order valence-corrected chi connectivity index (χ0v) is 11.1. The van der Waals surface area contributed by atoms with Crippen molar-refractivity contribution in [1.29, 1.82) is 0 Å². The molecule has 2 aromatic carbocycles. The summed E-state index contributed by atoms with van der Waals surface area (Å²) in [6.45, 7) is -0.249. The molecule has 1 atom stereocenters. The van der Waals surface area contributed by atoms with Gasteiger partial charge in [-0.25, -0.2) is 0 Å². The van der Waals surface area contributed by atoms with Gasteiger partial charge in [-0.2, -0.15) is 0 Å². The summed E-state index contributed by atoms with van der Waals surface area (Å²) >= 11 is 0. The molecule has 4 nitrogen and oxygen atoms in total. The quantitative estimate of drug-likeness (QED) is 0.818. The van der Waals surface area contributed by atoms with Gasteiger partial charge in [0.15, 0.2) is 5.78 Å². The van der Waals surface area contributed by atoms with Gasteiger partial charge in [0.05, 0.1) is 13.7 Å². The normalized spacial score (nSPS) is 11.9. The SMILES string of the molecule is COc1ccccc1C(O)C(=O)c1ccccc1CO. The van der Waals surface area contributed by atoms with Gasteiger partial charge in [-0.05, 0) is 11.6 Å². The molecule has 2 rings (SSSR count). The summed E-state index contributed by atoms with van der Waals surface area (Å²) in [5, 5.41) is 19.5. The molecule has 2 N–H and O–H groups in total. The van der Waals surface area contributed by atoms with Gasteiger partial charge in [-0.15, -0.1) is 0 Å². The van der Waals surface area contributed by atoms with Crippen molar-refractivity contribution in [2.75, 3.05) is 7.11 Å². The Kier molecular flexibility index (Phi) is 4.50. The molecule has 4 heteroatoms. The van der Waals surface area contributed by atoms with E-state index in [2.05, 4.69) is 0 Å². The van der Waals surface area contributed by atoms with Crippen LogP contribution in [0.1, 0.15) is 27.6 Å². The number of aliphatic hydroxyl groups excluding tert-OH is 2. The van der Waals surface area contributed by atoms with Crippen LogP contribution in [0.25, 0.3) is 0 Å². The number of methoxy groups -OCH3 is 1. The Hall–Kier alpha value is -2.17. The molecule has 0 heterocycles. The first-order valence-electron chi connectivity index (χ1n) is 6.23. The largest absolute Gasteiger partial charge is 0.496 e. The monoisotopic (exact) mass is 272 g/mol. The lowest BCUT2D eigenvalue weighted by molar-refractivity contribution is 0.0739. The van der Waals surface area contributed by atoms with Crippen LogP contribution < -0.4 is 4.74 Å². The van der Waals surface area contributed by atoms with Crippen LogP contribution in [0.4, 0.5) is 0 Å². The minimum atomic E-state index is -1.32. The lowest BCUT2D eigenvalue weighted by Gasteiger charge is -2.15. The lowest BCUT2D eigenvalue weighted by Crippen LogP contribution is -2.15. The zero-order valence-electron chi connectivity index (χ0n) is 11.1. The summed E-state index contributed by atoms with van der Waals surface area (Å²) in [5.41, 5.74) is 1.22. The van der Waals surface area contributed by atoms with Gasteiger partial charge in [-0.3, -0.25) is 4.79 Å². The predicted molar refractivity (Wildman–Crippen MR) is 74.6 cm³/mol.